The van der Waals surface area contributed by atoms with Gasteiger partial charge in [-0.1, -0.05) is 25.7 Å². The van der Waals surface area contributed by atoms with Gasteiger partial charge in [-0.25, -0.2) is 0 Å². The summed E-state index contributed by atoms with van der Waals surface area (Å²) in [7, 11) is 2.03. The maximum absolute atomic E-state index is 6.19. The van der Waals surface area contributed by atoms with E-state index in [-0.39, 0.29) is 11.7 Å². The highest BCUT2D eigenvalue weighted by Crippen LogP contribution is 2.33. The standard InChI is InChI=1S/C15H31NO2/c1-5-18-15(10-8-6-7-9-11-15)14(16-4)12-17-13(2)3/h13-14,16H,5-12H2,1-4H3. The van der Waals surface area contributed by atoms with E-state index in [1.54, 1.807) is 0 Å². The monoisotopic (exact) mass is 257 g/mol. The molecular formula is C15H31NO2. The Labute approximate surface area is 113 Å². The van der Waals surface area contributed by atoms with Crippen LogP contribution < -0.4 is 5.32 Å². The van der Waals surface area contributed by atoms with Crippen LogP contribution in [0.25, 0.3) is 0 Å². The van der Waals surface area contributed by atoms with E-state index in [1.165, 1.54) is 25.7 Å². The molecule has 1 fully saturated rings. The second kappa shape index (κ2) is 8.13. The molecule has 0 aromatic carbocycles. The van der Waals surface area contributed by atoms with E-state index in [4.69, 9.17) is 9.47 Å². The number of rotatable bonds is 7. The Kier molecular flexibility index (Phi) is 7.20. The van der Waals surface area contributed by atoms with Crippen LogP contribution in [0, 0.1) is 0 Å². The quantitative estimate of drug-likeness (QED) is 0.711. The van der Waals surface area contributed by atoms with Crippen LogP contribution in [-0.4, -0.2) is 38.0 Å². The molecule has 0 bridgehead atoms. The van der Waals surface area contributed by atoms with Gasteiger partial charge in [0.15, 0.2) is 0 Å². The van der Waals surface area contributed by atoms with E-state index in [0.717, 1.165) is 26.1 Å². The Morgan fingerprint density at radius 1 is 1.11 bits per heavy atom. The van der Waals surface area contributed by atoms with E-state index in [0.29, 0.717) is 6.04 Å². The van der Waals surface area contributed by atoms with Gasteiger partial charge in [0.05, 0.1) is 24.4 Å². The Morgan fingerprint density at radius 2 is 1.72 bits per heavy atom. The Morgan fingerprint density at radius 3 is 2.17 bits per heavy atom. The Hall–Kier alpha value is -0.120. The first-order chi connectivity index (χ1) is 8.64. The molecule has 3 nitrogen and oxygen atoms in total. The summed E-state index contributed by atoms with van der Waals surface area (Å²) in [5.74, 6) is 0. The first-order valence-corrected chi connectivity index (χ1v) is 7.57. The maximum Gasteiger partial charge on any atom is 0.0857 e. The van der Waals surface area contributed by atoms with E-state index in [9.17, 15) is 0 Å². The minimum Gasteiger partial charge on any atom is -0.377 e. The third-order valence-corrected chi connectivity index (χ3v) is 3.96. The van der Waals surface area contributed by atoms with E-state index in [2.05, 4.69) is 26.1 Å². The number of hydrogen-bond acceptors (Lipinski definition) is 3. The van der Waals surface area contributed by atoms with E-state index >= 15 is 0 Å². The number of ether oxygens (including phenoxy) is 2. The highest BCUT2D eigenvalue weighted by molar-refractivity contribution is 4.94. The molecule has 1 atom stereocenters. The van der Waals surface area contributed by atoms with Gasteiger partial charge in [-0.2, -0.15) is 0 Å². The average Bonchev–Trinajstić information content (AvgIpc) is 2.56. The molecule has 0 aromatic heterocycles. The summed E-state index contributed by atoms with van der Waals surface area (Å²) in [6.07, 6.45) is 7.85. The fraction of sp³-hybridized carbons (Fsp3) is 1.00. The zero-order valence-corrected chi connectivity index (χ0v) is 12.6. The van der Waals surface area contributed by atoms with Gasteiger partial charge in [-0.3, -0.25) is 0 Å². The maximum atomic E-state index is 6.19. The SMILES string of the molecule is CCOC1(C(COC(C)C)NC)CCCCCC1. The van der Waals surface area contributed by atoms with Crippen LogP contribution >= 0.6 is 0 Å². The molecule has 0 aromatic rings. The van der Waals surface area contributed by atoms with Gasteiger partial charge in [0, 0.05) is 6.61 Å². The molecule has 0 saturated heterocycles. The molecule has 1 aliphatic rings. The third kappa shape index (κ3) is 4.52. The van der Waals surface area contributed by atoms with Crippen molar-refractivity contribution in [2.75, 3.05) is 20.3 Å². The van der Waals surface area contributed by atoms with Crippen molar-refractivity contribution in [2.45, 2.75) is 77.0 Å². The molecule has 1 rings (SSSR count). The predicted molar refractivity (Wildman–Crippen MR) is 76.0 cm³/mol. The molecule has 1 saturated carbocycles. The average molecular weight is 257 g/mol. The van der Waals surface area contributed by atoms with E-state index < -0.39 is 0 Å². The molecule has 18 heavy (non-hydrogen) atoms. The van der Waals surface area contributed by atoms with Gasteiger partial charge in [-0.05, 0) is 40.7 Å². The fourth-order valence-corrected chi connectivity index (χ4v) is 2.99. The zero-order valence-electron chi connectivity index (χ0n) is 12.6. The molecule has 1 N–H and O–H groups in total. The largest absolute Gasteiger partial charge is 0.377 e. The second-order valence-corrected chi connectivity index (χ2v) is 5.64. The van der Waals surface area contributed by atoms with Gasteiger partial charge in [0.25, 0.3) is 0 Å². The summed E-state index contributed by atoms with van der Waals surface area (Å²) in [4.78, 5) is 0. The first kappa shape index (κ1) is 15.9. The van der Waals surface area contributed by atoms with Gasteiger partial charge in [-0.15, -0.1) is 0 Å². The Balaban J connectivity index is 2.70. The topological polar surface area (TPSA) is 30.5 Å². The number of hydrogen-bond donors (Lipinski definition) is 1. The molecule has 3 heteroatoms. The molecule has 0 aliphatic heterocycles. The molecular weight excluding hydrogens is 226 g/mol. The number of nitrogens with one attached hydrogen (secondary N) is 1. The van der Waals surface area contributed by atoms with Crippen molar-refractivity contribution < 1.29 is 9.47 Å². The molecule has 1 unspecified atom stereocenters. The summed E-state index contributed by atoms with van der Waals surface area (Å²) < 4.78 is 12.0. The summed E-state index contributed by atoms with van der Waals surface area (Å²) in [5, 5.41) is 3.43. The molecule has 1 aliphatic carbocycles. The zero-order chi connectivity index (χ0) is 13.4. The number of likely N-dealkylation sites (N-methyl/N-ethyl adjacent to an activating group) is 1. The summed E-state index contributed by atoms with van der Waals surface area (Å²) in [6, 6.07) is 0.304. The minimum atomic E-state index is -0.0190. The molecule has 0 amide bonds. The Bertz CT molecular complexity index is 211. The van der Waals surface area contributed by atoms with Crippen molar-refractivity contribution in [3.05, 3.63) is 0 Å². The van der Waals surface area contributed by atoms with Gasteiger partial charge < -0.3 is 14.8 Å². The normalized spacial score (nSPS) is 21.8. The van der Waals surface area contributed by atoms with Crippen molar-refractivity contribution in [1.29, 1.82) is 0 Å². The van der Waals surface area contributed by atoms with Crippen LogP contribution in [0.15, 0.2) is 0 Å². The van der Waals surface area contributed by atoms with Crippen LogP contribution in [-0.2, 0) is 9.47 Å². The van der Waals surface area contributed by atoms with Crippen LogP contribution in [0.4, 0.5) is 0 Å². The lowest BCUT2D eigenvalue weighted by molar-refractivity contribution is -0.0972. The smallest absolute Gasteiger partial charge is 0.0857 e. The molecule has 0 spiro atoms. The second-order valence-electron chi connectivity index (χ2n) is 5.64. The lowest BCUT2D eigenvalue weighted by atomic mass is 9.86. The van der Waals surface area contributed by atoms with Crippen molar-refractivity contribution >= 4 is 0 Å². The summed E-state index contributed by atoms with van der Waals surface area (Å²) in [5.41, 5.74) is -0.0190. The highest BCUT2D eigenvalue weighted by atomic mass is 16.5. The minimum absolute atomic E-state index is 0.0190. The van der Waals surface area contributed by atoms with Crippen molar-refractivity contribution in [3.8, 4) is 0 Å². The third-order valence-electron chi connectivity index (χ3n) is 3.96. The van der Waals surface area contributed by atoms with Crippen molar-refractivity contribution in [1.82, 2.24) is 5.32 Å². The van der Waals surface area contributed by atoms with Gasteiger partial charge in [0.2, 0.25) is 0 Å². The lowest BCUT2D eigenvalue weighted by Gasteiger charge is -2.40. The summed E-state index contributed by atoms with van der Waals surface area (Å²) >= 11 is 0. The molecule has 0 heterocycles. The molecule has 0 radical (unpaired) electrons. The highest BCUT2D eigenvalue weighted by Gasteiger charge is 2.39. The summed E-state index contributed by atoms with van der Waals surface area (Å²) in [6.45, 7) is 7.82. The molecule has 108 valence electrons. The van der Waals surface area contributed by atoms with Gasteiger partial charge >= 0.3 is 0 Å². The van der Waals surface area contributed by atoms with Crippen LogP contribution in [0.2, 0.25) is 0 Å². The fourth-order valence-electron chi connectivity index (χ4n) is 2.99. The van der Waals surface area contributed by atoms with Crippen LogP contribution in [0.3, 0.4) is 0 Å². The van der Waals surface area contributed by atoms with Crippen molar-refractivity contribution in [2.24, 2.45) is 0 Å². The van der Waals surface area contributed by atoms with Gasteiger partial charge in [0.1, 0.15) is 0 Å². The van der Waals surface area contributed by atoms with Crippen LogP contribution in [0.1, 0.15) is 59.3 Å². The van der Waals surface area contributed by atoms with Crippen LogP contribution in [0.5, 0.6) is 0 Å². The predicted octanol–water partition coefficient (Wildman–Crippen LogP) is 3.13. The van der Waals surface area contributed by atoms with E-state index in [1.807, 2.05) is 7.05 Å². The first-order valence-electron chi connectivity index (χ1n) is 7.57. The lowest BCUT2D eigenvalue weighted by Crippen LogP contribution is -2.54. The van der Waals surface area contributed by atoms with Crippen molar-refractivity contribution in [3.63, 3.8) is 0 Å².